The Morgan fingerprint density at radius 2 is 1.46 bits per heavy atom. The maximum atomic E-state index is 2.35. The van der Waals surface area contributed by atoms with Crippen LogP contribution in [-0.4, -0.2) is 0 Å². The lowest BCUT2D eigenvalue weighted by Gasteiger charge is -2.13. The van der Waals surface area contributed by atoms with Crippen LogP contribution in [0.4, 0.5) is 0 Å². The first kappa shape index (κ1) is 16.4. The Morgan fingerprint density at radius 3 is 2.12 bits per heavy atom. The van der Waals surface area contributed by atoms with Crippen LogP contribution in [0, 0.1) is 20.8 Å². The predicted molar refractivity (Wildman–Crippen MR) is 102 cm³/mol. The quantitative estimate of drug-likeness (QED) is 0.575. The molecule has 1 heterocycles. The zero-order chi connectivity index (χ0) is 17.3. The van der Waals surface area contributed by atoms with Gasteiger partial charge >= 0.3 is 0 Å². The first-order valence-corrected chi connectivity index (χ1v) is 8.67. The van der Waals surface area contributed by atoms with Crippen molar-refractivity contribution in [3.8, 4) is 22.4 Å². The third-order valence-electron chi connectivity index (χ3n) is 4.90. The summed E-state index contributed by atoms with van der Waals surface area (Å²) in [5.74, 6) is 0. The Balaban J connectivity index is 2.21. The molecule has 1 nitrogen and oxygen atoms in total. The van der Waals surface area contributed by atoms with Gasteiger partial charge in [-0.3, -0.25) is 0 Å². The monoisotopic (exact) mass is 316 g/mol. The second kappa shape index (κ2) is 6.60. The maximum Gasteiger partial charge on any atom is 0.212 e. The molecule has 24 heavy (non-hydrogen) atoms. The van der Waals surface area contributed by atoms with Gasteiger partial charge in [0.05, 0.1) is 0 Å². The van der Waals surface area contributed by atoms with E-state index in [1.165, 1.54) is 44.6 Å². The number of aromatic nitrogens is 1. The molecule has 1 aromatic heterocycles. The lowest BCUT2D eigenvalue weighted by Crippen LogP contribution is -2.32. The number of pyridine rings is 1. The van der Waals surface area contributed by atoms with Crippen molar-refractivity contribution >= 4 is 0 Å². The molecule has 3 rings (SSSR count). The fourth-order valence-electron chi connectivity index (χ4n) is 3.50. The van der Waals surface area contributed by atoms with Crippen molar-refractivity contribution in [2.75, 3.05) is 0 Å². The molecule has 0 saturated heterocycles. The Kier molecular flexibility index (Phi) is 4.53. The highest BCUT2D eigenvalue weighted by molar-refractivity contribution is 5.75. The fourth-order valence-corrected chi connectivity index (χ4v) is 3.50. The van der Waals surface area contributed by atoms with Gasteiger partial charge in [-0.25, -0.2) is 4.57 Å². The van der Waals surface area contributed by atoms with Crippen LogP contribution in [0.25, 0.3) is 22.4 Å². The van der Waals surface area contributed by atoms with Gasteiger partial charge in [-0.1, -0.05) is 43.3 Å². The summed E-state index contributed by atoms with van der Waals surface area (Å²) in [6.45, 7) is 8.83. The molecule has 0 aliphatic heterocycles. The predicted octanol–water partition coefficient (Wildman–Crippen LogP) is 5.33. The van der Waals surface area contributed by atoms with Gasteiger partial charge in [-0.15, -0.1) is 0 Å². The third kappa shape index (κ3) is 2.99. The van der Waals surface area contributed by atoms with Crippen molar-refractivity contribution in [1.29, 1.82) is 0 Å². The SMILES string of the molecule is CCc1c[n+](C)c(-c2cc(-c3ccccc3)c(C)cc2C)cc1C. The van der Waals surface area contributed by atoms with E-state index in [4.69, 9.17) is 0 Å². The van der Waals surface area contributed by atoms with Crippen LogP contribution in [0.5, 0.6) is 0 Å². The van der Waals surface area contributed by atoms with Gasteiger partial charge in [0, 0.05) is 17.2 Å². The molecule has 0 fully saturated rings. The van der Waals surface area contributed by atoms with Gasteiger partial charge in [-0.2, -0.15) is 0 Å². The molecular weight excluding hydrogens is 290 g/mol. The first-order chi connectivity index (χ1) is 11.5. The molecular formula is C23H26N+. The summed E-state index contributed by atoms with van der Waals surface area (Å²) < 4.78 is 2.26. The largest absolute Gasteiger partial charge is 0.212 e. The van der Waals surface area contributed by atoms with Crippen molar-refractivity contribution in [2.24, 2.45) is 7.05 Å². The molecule has 122 valence electrons. The summed E-state index contributed by atoms with van der Waals surface area (Å²) in [7, 11) is 2.15. The van der Waals surface area contributed by atoms with Crippen molar-refractivity contribution in [2.45, 2.75) is 34.1 Å². The van der Waals surface area contributed by atoms with E-state index in [1.54, 1.807) is 0 Å². The van der Waals surface area contributed by atoms with E-state index in [1.807, 2.05) is 0 Å². The minimum Gasteiger partial charge on any atom is -0.201 e. The summed E-state index contributed by atoms with van der Waals surface area (Å²) >= 11 is 0. The van der Waals surface area contributed by atoms with Gasteiger partial charge in [0.2, 0.25) is 5.69 Å². The summed E-state index contributed by atoms with van der Waals surface area (Å²) in [5, 5.41) is 0. The van der Waals surface area contributed by atoms with Gasteiger partial charge in [0.1, 0.15) is 7.05 Å². The van der Waals surface area contributed by atoms with Crippen molar-refractivity contribution in [3.63, 3.8) is 0 Å². The summed E-state index contributed by atoms with van der Waals surface area (Å²) in [6.07, 6.45) is 3.34. The van der Waals surface area contributed by atoms with Crippen LogP contribution in [-0.2, 0) is 13.5 Å². The normalized spacial score (nSPS) is 10.9. The van der Waals surface area contributed by atoms with E-state index < -0.39 is 0 Å². The van der Waals surface area contributed by atoms with Crippen molar-refractivity contribution < 1.29 is 4.57 Å². The highest BCUT2D eigenvalue weighted by atomic mass is 14.9. The molecule has 0 radical (unpaired) electrons. The van der Waals surface area contributed by atoms with E-state index in [-0.39, 0.29) is 0 Å². The van der Waals surface area contributed by atoms with E-state index in [0.717, 1.165) is 6.42 Å². The molecule has 0 aliphatic carbocycles. The fraction of sp³-hybridized carbons (Fsp3) is 0.261. The van der Waals surface area contributed by atoms with E-state index >= 15 is 0 Å². The van der Waals surface area contributed by atoms with Gasteiger partial charge in [0.15, 0.2) is 6.20 Å². The number of hydrogen-bond acceptors (Lipinski definition) is 0. The zero-order valence-corrected chi connectivity index (χ0v) is 15.4. The molecule has 0 N–H and O–H groups in total. The topological polar surface area (TPSA) is 3.88 Å². The minimum atomic E-state index is 1.07. The van der Waals surface area contributed by atoms with Crippen LogP contribution >= 0.6 is 0 Å². The first-order valence-electron chi connectivity index (χ1n) is 8.67. The average Bonchev–Trinajstić information content (AvgIpc) is 2.58. The van der Waals surface area contributed by atoms with Crippen LogP contribution in [0.3, 0.4) is 0 Å². The maximum absolute atomic E-state index is 2.35. The van der Waals surface area contributed by atoms with Crippen LogP contribution in [0.2, 0.25) is 0 Å². The third-order valence-corrected chi connectivity index (χ3v) is 4.90. The Morgan fingerprint density at radius 1 is 0.792 bits per heavy atom. The standard InChI is InChI=1S/C23H26N/c1-6-19-15-24(5)23(13-16(19)2)22-14-21(17(3)12-18(22)4)20-10-8-7-9-11-20/h7-15H,6H2,1-5H3/q+1. The summed E-state index contributed by atoms with van der Waals surface area (Å²) in [4.78, 5) is 0. The van der Waals surface area contributed by atoms with Gasteiger partial charge in [-0.05, 0) is 61.1 Å². The molecule has 0 atom stereocenters. The molecule has 2 aromatic carbocycles. The van der Waals surface area contributed by atoms with Crippen molar-refractivity contribution in [1.82, 2.24) is 0 Å². The molecule has 0 amide bonds. The van der Waals surface area contributed by atoms with Crippen LogP contribution < -0.4 is 4.57 Å². The summed E-state index contributed by atoms with van der Waals surface area (Å²) in [6, 6.07) is 17.6. The molecule has 0 bridgehead atoms. The minimum absolute atomic E-state index is 1.07. The van der Waals surface area contributed by atoms with Gasteiger partial charge < -0.3 is 0 Å². The van der Waals surface area contributed by atoms with E-state index in [0.29, 0.717) is 0 Å². The second-order valence-corrected chi connectivity index (χ2v) is 6.68. The number of rotatable bonds is 3. The summed E-state index contributed by atoms with van der Waals surface area (Å²) in [5.41, 5.74) is 10.6. The molecule has 0 saturated carbocycles. The number of benzene rings is 2. The lowest BCUT2D eigenvalue weighted by atomic mass is 9.92. The zero-order valence-electron chi connectivity index (χ0n) is 15.4. The average molecular weight is 316 g/mol. The Hall–Kier alpha value is -2.41. The van der Waals surface area contributed by atoms with Crippen molar-refractivity contribution in [3.05, 3.63) is 77.0 Å². The Bertz CT molecular complexity index is 876. The molecule has 0 spiro atoms. The Labute approximate surface area is 145 Å². The number of hydrogen-bond donors (Lipinski definition) is 0. The highest BCUT2D eigenvalue weighted by Gasteiger charge is 2.17. The van der Waals surface area contributed by atoms with Crippen LogP contribution in [0.15, 0.2) is 54.7 Å². The van der Waals surface area contributed by atoms with E-state index in [9.17, 15) is 0 Å². The number of aryl methyl sites for hydroxylation is 5. The highest BCUT2D eigenvalue weighted by Crippen LogP contribution is 2.31. The second-order valence-electron chi connectivity index (χ2n) is 6.68. The van der Waals surface area contributed by atoms with Gasteiger partial charge in [0.25, 0.3) is 0 Å². The lowest BCUT2D eigenvalue weighted by molar-refractivity contribution is -0.660. The number of nitrogens with zero attached hydrogens (tertiary/aromatic N) is 1. The van der Waals surface area contributed by atoms with Crippen LogP contribution in [0.1, 0.15) is 29.2 Å². The molecule has 0 unspecified atom stereocenters. The molecule has 0 aliphatic rings. The van der Waals surface area contributed by atoms with E-state index in [2.05, 4.69) is 94.0 Å². The smallest absolute Gasteiger partial charge is 0.201 e. The molecule has 3 aromatic rings. The molecule has 1 heteroatoms.